The number of aromatic nitrogens is 2. The molecule has 0 saturated heterocycles. The van der Waals surface area contributed by atoms with Gasteiger partial charge in [-0.25, -0.2) is 0 Å². The van der Waals surface area contributed by atoms with Gasteiger partial charge >= 0.3 is 0 Å². The maximum absolute atomic E-state index is 12.6. The van der Waals surface area contributed by atoms with E-state index < -0.39 is 11.7 Å². The summed E-state index contributed by atoms with van der Waals surface area (Å²) in [5.41, 5.74) is 3.64. The number of carbonyl (C=O) groups is 1. The molecular weight excluding hydrogens is 421 g/mol. The molecule has 0 fully saturated rings. The number of halogens is 3. The van der Waals surface area contributed by atoms with Crippen LogP contribution in [0, 0.1) is 13.8 Å². The Bertz CT molecular complexity index is 1010. The molecule has 0 aliphatic carbocycles. The lowest BCUT2D eigenvalue weighted by atomic mass is 10.1. The van der Waals surface area contributed by atoms with Gasteiger partial charge in [0.25, 0.3) is 5.91 Å². The Morgan fingerprint density at radius 1 is 1.14 bits per heavy atom. The topological polar surface area (TPSA) is 67.2 Å². The van der Waals surface area contributed by atoms with Gasteiger partial charge in [0.15, 0.2) is 0 Å². The van der Waals surface area contributed by atoms with E-state index >= 15 is 0 Å². The number of hydrogen-bond donors (Lipinski definition) is 2. The van der Waals surface area contributed by atoms with Crippen molar-refractivity contribution in [1.29, 1.82) is 0 Å². The molecule has 0 spiro atoms. The summed E-state index contributed by atoms with van der Waals surface area (Å²) in [4.78, 5) is 12.6. The minimum atomic E-state index is -0.568. The summed E-state index contributed by atoms with van der Waals surface area (Å²) in [6.07, 6.45) is 0. The molecule has 0 saturated carbocycles. The molecule has 2 N–H and O–H groups in total. The lowest BCUT2D eigenvalue weighted by Crippen LogP contribution is -2.24. The maximum atomic E-state index is 12.6. The Morgan fingerprint density at radius 3 is 2.50 bits per heavy atom. The molecule has 2 aromatic carbocycles. The molecule has 28 heavy (non-hydrogen) atoms. The van der Waals surface area contributed by atoms with Gasteiger partial charge < -0.3 is 10.4 Å². The monoisotopic (exact) mass is 437 g/mol. The van der Waals surface area contributed by atoms with Gasteiger partial charge in [-0.2, -0.15) is 5.10 Å². The third-order valence-electron chi connectivity index (χ3n) is 4.50. The predicted octanol–water partition coefficient (Wildman–Crippen LogP) is 5.14. The molecule has 3 rings (SSSR count). The first-order chi connectivity index (χ1) is 13.3. The van der Waals surface area contributed by atoms with Crippen molar-refractivity contribution in [3.63, 3.8) is 0 Å². The van der Waals surface area contributed by atoms with Crippen molar-refractivity contribution >= 4 is 40.7 Å². The Hall–Kier alpha value is -2.21. The summed E-state index contributed by atoms with van der Waals surface area (Å²) in [5, 5.41) is 17.4. The van der Waals surface area contributed by atoms with E-state index in [1.165, 1.54) is 6.07 Å². The van der Waals surface area contributed by atoms with Crippen molar-refractivity contribution < 1.29 is 9.90 Å². The third kappa shape index (κ3) is 4.12. The normalized spacial score (nSPS) is 10.9. The standard InChI is InChI=1S/C20H18Cl3N3O2/c1-11-14(12(2)26(25-11)10-13-6-4-3-5-7-13)9-24-20(28)17-18(23)15(21)8-16(22)19(17)27/h3-8,27H,9-10H2,1-2H3,(H,24,28). The van der Waals surface area contributed by atoms with Gasteiger partial charge in [0.1, 0.15) is 11.3 Å². The smallest absolute Gasteiger partial charge is 0.256 e. The second kappa shape index (κ2) is 8.43. The van der Waals surface area contributed by atoms with Gasteiger partial charge in [-0.15, -0.1) is 0 Å². The zero-order valence-electron chi connectivity index (χ0n) is 15.3. The molecule has 1 aromatic heterocycles. The number of phenolic OH excluding ortho intramolecular Hbond substituents is 1. The minimum Gasteiger partial charge on any atom is -0.505 e. The number of benzene rings is 2. The van der Waals surface area contributed by atoms with E-state index in [4.69, 9.17) is 34.8 Å². The maximum Gasteiger partial charge on any atom is 0.256 e. The van der Waals surface area contributed by atoms with Gasteiger partial charge in [-0.05, 0) is 25.5 Å². The molecule has 5 nitrogen and oxygen atoms in total. The molecule has 0 unspecified atom stereocenters. The van der Waals surface area contributed by atoms with E-state index in [0.717, 1.165) is 22.5 Å². The van der Waals surface area contributed by atoms with Crippen LogP contribution in [0.1, 0.15) is 32.9 Å². The van der Waals surface area contributed by atoms with Gasteiger partial charge in [-0.3, -0.25) is 9.48 Å². The Labute approximate surface area is 177 Å². The van der Waals surface area contributed by atoms with Crippen molar-refractivity contribution in [1.82, 2.24) is 15.1 Å². The van der Waals surface area contributed by atoms with Crippen molar-refractivity contribution in [3.8, 4) is 5.75 Å². The zero-order chi connectivity index (χ0) is 20.4. The fourth-order valence-corrected chi connectivity index (χ4v) is 3.64. The summed E-state index contributed by atoms with van der Waals surface area (Å²) in [6.45, 7) is 4.70. The fraction of sp³-hybridized carbons (Fsp3) is 0.200. The first kappa shape index (κ1) is 20.5. The molecule has 1 heterocycles. The number of rotatable bonds is 5. The van der Waals surface area contributed by atoms with E-state index in [0.29, 0.717) is 6.54 Å². The van der Waals surface area contributed by atoms with Crippen LogP contribution in [-0.2, 0) is 13.1 Å². The average Bonchev–Trinajstić information content (AvgIpc) is 2.92. The molecule has 0 atom stereocenters. The molecule has 3 aromatic rings. The highest BCUT2D eigenvalue weighted by Crippen LogP contribution is 2.38. The largest absolute Gasteiger partial charge is 0.505 e. The van der Waals surface area contributed by atoms with E-state index in [2.05, 4.69) is 10.4 Å². The molecule has 0 aliphatic heterocycles. The second-order valence-corrected chi connectivity index (χ2v) is 7.55. The van der Waals surface area contributed by atoms with Gasteiger partial charge in [0.2, 0.25) is 0 Å². The number of nitrogens with zero attached hydrogens (tertiary/aromatic N) is 2. The Morgan fingerprint density at radius 2 is 1.82 bits per heavy atom. The predicted molar refractivity (Wildman–Crippen MR) is 112 cm³/mol. The zero-order valence-corrected chi connectivity index (χ0v) is 17.5. The van der Waals surface area contributed by atoms with E-state index in [-0.39, 0.29) is 27.2 Å². The Balaban J connectivity index is 1.80. The fourth-order valence-electron chi connectivity index (χ4n) is 2.95. The molecule has 8 heteroatoms. The third-order valence-corrected chi connectivity index (χ3v) is 5.58. The van der Waals surface area contributed by atoms with Crippen molar-refractivity contribution in [3.05, 3.63) is 79.5 Å². The molecule has 146 valence electrons. The lowest BCUT2D eigenvalue weighted by Gasteiger charge is -2.11. The summed E-state index contributed by atoms with van der Waals surface area (Å²) in [6, 6.07) is 11.3. The number of hydrogen-bond acceptors (Lipinski definition) is 3. The first-order valence-corrected chi connectivity index (χ1v) is 9.64. The number of carbonyl (C=O) groups excluding carboxylic acids is 1. The van der Waals surface area contributed by atoms with Crippen LogP contribution < -0.4 is 5.32 Å². The molecule has 0 radical (unpaired) electrons. The van der Waals surface area contributed by atoms with Crippen LogP contribution in [0.5, 0.6) is 5.75 Å². The van der Waals surface area contributed by atoms with E-state index in [1.54, 1.807) is 0 Å². The van der Waals surface area contributed by atoms with Crippen LogP contribution in [0.2, 0.25) is 15.1 Å². The quantitative estimate of drug-likeness (QED) is 0.542. The van der Waals surface area contributed by atoms with Gasteiger partial charge in [-0.1, -0.05) is 65.1 Å². The van der Waals surface area contributed by atoms with Crippen molar-refractivity contribution in [2.24, 2.45) is 0 Å². The molecule has 0 bridgehead atoms. The summed E-state index contributed by atoms with van der Waals surface area (Å²) < 4.78 is 1.90. The van der Waals surface area contributed by atoms with Crippen molar-refractivity contribution in [2.45, 2.75) is 26.9 Å². The highest BCUT2D eigenvalue weighted by atomic mass is 35.5. The van der Waals surface area contributed by atoms with Crippen molar-refractivity contribution in [2.75, 3.05) is 0 Å². The van der Waals surface area contributed by atoms with Crippen LogP contribution in [0.4, 0.5) is 0 Å². The van der Waals surface area contributed by atoms with Gasteiger partial charge in [0, 0.05) is 17.8 Å². The highest BCUT2D eigenvalue weighted by Gasteiger charge is 2.22. The van der Waals surface area contributed by atoms with Crippen LogP contribution in [-0.4, -0.2) is 20.8 Å². The van der Waals surface area contributed by atoms with Gasteiger partial charge in [0.05, 0.1) is 27.3 Å². The van der Waals surface area contributed by atoms with Crippen LogP contribution in [0.3, 0.4) is 0 Å². The first-order valence-electron chi connectivity index (χ1n) is 8.51. The number of phenols is 1. The highest BCUT2D eigenvalue weighted by molar-refractivity contribution is 6.45. The second-order valence-electron chi connectivity index (χ2n) is 6.35. The van der Waals surface area contributed by atoms with Crippen LogP contribution in [0.25, 0.3) is 0 Å². The number of amides is 1. The van der Waals surface area contributed by atoms with Crippen LogP contribution in [0.15, 0.2) is 36.4 Å². The summed E-state index contributed by atoms with van der Waals surface area (Å²) >= 11 is 17.9. The van der Waals surface area contributed by atoms with E-state index in [1.807, 2.05) is 48.9 Å². The molecule has 1 amide bonds. The van der Waals surface area contributed by atoms with E-state index in [9.17, 15) is 9.90 Å². The SMILES string of the molecule is Cc1nn(Cc2ccccc2)c(C)c1CNC(=O)c1c(O)c(Cl)cc(Cl)c1Cl. The molecule has 0 aliphatic rings. The summed E-state index contributed by atoms with van der Waals surface area (Å²) in [5.74, 6) is -0.969. The summed E-state index contributed by atoms with van der Waals surface area (Å²) in [7, 11) is 0. The minimum absolute atomic E-state index is 0.0393. The van der Waals surface area contributed by atoms with Crippen LogP contribution >= 0.6 is 34.8 Å². The Kier molecular flexibility index (Phi) is 6.18. The molecular formula is C20H18Cl3N3O2. The number of aromatic hydroxyl groups is 1. The number of nitrogens with one attached hydrogen (secondary N) is 1. The lowest BCUT2D eigenvalue weighted by molar-refractivity contribution is 0.0948. The number of aryl methyl sites for hydroxylation is 1. The average molecular weight is 439 g/mol.